The Balaban J connectivity index is 2.35. The minimum Gasteiger partial charge on any atom is -0.477 e. The molecule has 0 fully saturated rings. The second-order valence-electron chi connectivity index (χ2n) is 6.86. The van der Waals surface area contributed by atoms with Gasteiger partial charge in [-0.15, -0.1) is 0 Å². The van der Waals surface area contributed by atoms with Crippen molar-refractivity contribution < 1.29 is 19.8 Å². The molecule has 1 aromatic carbocycles. The molecule has 4 nitrogen and oxygen atoms in total. The lowest BCUT2D eigenvalue weighted by atomic mass is 10.1. The highest BCUT2D eigenvalue weighted by Crippen LogP contribution is 2.14. The summed E-state index contributed by atoms with van der Waals surface area (Å²) in [6.07, 6.45) is 18.1. The number of benzene rings is 1. The van der Waals surface area contributed by atoms with E-state index >= 15 is 0 Å². The van der Waals surface area contributed by atoms with E-state index in [0.29, 0.717) is 5.56 Å². The molecule has 27 heavy (non-hydrogen) atoms. The molecule has 0 bridgehead atoms. The third-order valence-electron chi connectivity index (χ3n) is 4.47. The Morgan fingerprint density at radius 2 is 1.41 bits per heavy atom. The zero-order valence-electron chi connectivity index (χ0n) is 16.3. The Bertz CT molecular complexity index is 628. The fourth-order valence-corrected chi connectivity index (χ4v) is 2.93. The van der Waals surface area contributed by atoms with E-state index in [9.17, 15) is 9.59 Å². The summed E-state index contributed by atoms with van der Waals surface area (Å²) in [5, 5.41) is 17.9. The number of carboxylic acid groups (broad SMARTS) is 2. The van der Waals surface area contributed by atoms with Crippen LogP contribution in [0.15, 0.2) is 35.9 Å². The van der Waals surface area contributed by atoms with Crippen LogP contribution in [0.25, 0.3) is 12.2 Å². The molecule has 0 saturated heterocycles. The van der Waals surface area contributed by atoms with Gasteiger partial charge in [0.1, 0.15) is 5.57 Å². The van der Waals surface area contributed by atoms with Crippen molar-refractivity contribution in [3.63, 3.8) is 0 Å². The largest absolute Gasteiger partial charge is 0.477 e. The molecule has 0 unspecified atom stereocenters. The van der Waals surface area contributed by atoms with Crippen LogP contribution < -0.4 is 0 Å². The summed E-state index contributed by atoms with van der Waals surface area (Å²) in [6.45, 7) is 2.24. The average Bonchev–Trinajstić information content (AvgIpc) is 2.64. The van der Waals surface area contributed by atoms with E-state index < -0.39 is 17.5 Å². The first-order chi connectivity index (χ1) is 13.0. The van der Waals surface area contributed by atoms with Crippen LogP contribution in [0.1, 0.15) is 82.3 Å². The van der Waals surface area contributed by atoms with Gasteiger partial charge in [0.2, 0.25) is 0 Å². The average molecular weight is 373 g/mol. The number of carbonyl (C=O) groups is 2. The van der Waals surface area contributed by atoms with Crippen molar-refractivity contribution in [2.75, 3.05) is 0 Å². The monoisotopic (exact) mass is 372 g/mol. The Kier molecular flexibility index (Phi) is 11.6. The summed E-state index contributed by atoms with van der Waals surface area (Å²) in [4.78, 5) is 21.9. The summed E-state index contributed by atoms with van der Waals surface area (Å²) < 4.78 is 0. The van der Waals surface area contributed by atoms with Gasteiger partial charge in [-0.1, -0.05) is 88.6 Å². The minimum absolute atomic E-state index is 0.569. The third-order valence-corrected chi connectivity index (χ3v) is 4.47. The molecule has 0 saturated carbocycles. The van der Waals surface area contributed by atoms with Crippen LogP contribution in [-0.2, 0) is 9.59 Å². The fourth-order valence-electron chi connectivity index (χ4n) is 2.93. The van der Waals surface area contributed by atoms with Gasteiger partial charge in [-0.3, -0.25) is 0 Å². The predicted molar refractivity (Wildman–Crippen MR) is 111 cm³/mol. The zero-order chi connectivity index (χ0) is 19.9. The molecule has 2 N–H and O–H groups in total. The van der Waals surface area contributed by atoms with Crippen molar-refractivity contribution in [3.8, 4) is 0 Å². The molecule has 0 aliphatic carbocycles. The van der Waals surface area contributed by atoms with Gasteiger partial charge < -0.3 is 10.2 Å². The van der Waals surface area contributed by atoms with Gasteiger partial charge in [0.25, 0.3) is 0 Å². The highest BCUT2D eigenvalue weighted by Gasteiger charge is 2.15. The van der Waals surface area contributed by atoms with Crippen molar-refractivity contribution >= 4 is 24.1 Å². The van der Waals surface area contributed by atoms with Crippen LogP contribution in [0.3, 0.4) is 0 Å². The van der Waals surface area contributed by atoms with Crippen LogP contribution in [0, 0.1) is 0 Å². The van der Waals surface area contributed by atoms with Gasteiger partial charge in [-0.05, 0) is 36.1 Å². The molecule has 0 radical (unpaired) electrons. The maximum atomic E-state index is 11.0. The number of carboxylic acids is 2. The quantitative estimate of drug-likeness (QED) is 0.177. The van der Waals surface area contributed by atoms with Gasteiger partial charge >= 0.3 is 11.9 Å². The van der Waals surface area contributed by atoms with E-state index in [-0.39, 0.29) is 0 Å². The molecule has 4 heteroatoms. The van der Waals surface area contributed by atoms with Gasteiger partial charge in [0, 0.05) is 0 Å². The van der Waals surface area contributed by atoms with Crippen molar-refractivity contribution in [2.24, 2.45) is 0 Å². The standard InChI is InChI=1S/C23H32O4/c1-2-3-4-5-6-7-8-9-10-11-12-14-19-15-13-16-20(17-19)18-21(22(24)25)23(26)27/h12-18H,2-11H2,1H3,(H,24,25)(H,26,27). The summed E-state index contributed by atoms with van der Waals surface area (Å²) in [7, 11) is 0. The van der Waals surface area contributed by atoms with E-state index in [1.165, 1.54) is 63.9 Å². The van der Waals surface area contributed by atoms with Gasteiger partial charge in [-0.2, -0.15) is 0 Å². The van der Waals surface area contributed by atoms with E-state index in [1.54, 1.807) is 18.2 Å². The van der Waals surface area contributed by atoms with E-state index in [2.05, 4.69) is 13.0 Å². The van der Waals surface area contributed by atoms with Crippen LogP contribution in [-0.4, -0.2) is 22.2 Å². The van der Waals surface area contributed by atoms with Crippen molar-refractivity contribution in [1.82, 2.24) is 0 Å². The van der Waals surface area contributed by atoms with Crippen LogP contribution in [0.4, 0.5) is 0 Å². The molecule has 148 valence electrons. The SMILES string of the molecule is CCCCCCCCCCCC=Cc1cccc(C=C(C(=O)O)C(=O)O)c1. The molecular weight excluding hydrogens is 340 g/mol. The lowest BCUT2D eigenvalue weighted by Gasteiger charge is -2.01. The van der Waals surface area contributed by atoms with Crippen LogP contribution >= 0.6 is 0 Å². The second-order valence-corrected chi connectivity index (χ2v) is 6.86. The summed E-state index contributed by atoms with van der Waals surface area (Å²) in [5.74, 6) is -2.87. The topological polar surface area (TPSA) is 74.6 Å². The Labute approximate surface area is 162 Å². The van der Waals surface area contributed by atoms with E-state index in [4.69, 9.17) is 10.2 Å². The van der Waals surface area contributed by atoms with Crippen LogP contribution in [0.5, 0.6) is 0 Å². The Hall–Kier alpha value is -2.36. The Morgan fingerprint density at radius 1 is 0.852 bits per heavy atom. The van der Waals surface area contributed by atoms with Crippen LogP contribution in [0.2, 0.25) is 0 Å². The van der Waals surface area contributed by atoms with Crippen molar-refractivity contribution in [1.29, 1.82) is 0 Å². The molecule has 0 amide bonds. The Morgan fingerprint density at radius 3 is 2.00 bits per heavy atom. The molecule has 0 spiro atoms. The molecule has 0 aliphatic heterocycles. The second kappa shape index (κ2) is 13.8. The lowest BCUT2D eigenvalue weighted by Crippen LogP contribution is -2.10. The molecule has 0 atom stereocenters. The number of hydrogen-bond donors (Lipinski definition) is 2. The summed E-state index contributed by atoms with van der Waals surface area (Å²) in [5.41, 5.74) is 0.876. The highest BCUT2D eigenvalue weighted by molar-refractivity contribution is 6.16. The number of unbranched alkanes of at least 4 members (excludes halogenated alkanes) is 9. The molecule has 1 aromatic rings. The molecule has 0 heterocycles. The fraction of sp³-hybridized carbons (Fsp3) is 0.478. The first kappa shape index (κ1) is 22.7. The van der Waals surface area contributed by atoms with Gasteiger partial charge in [-0.25, -0.2) is 9.59 Å². The van der Waals surface area contributed by atoms with Gasteiger partial charge in [0.15, 0.2) is 0 Å². The first-order valence-corrected chi connectivity index (χ1v) is 9.99. The normalized spacial score (nSPS) is 10.9. The van der Waals surface area contributed by atoms with Crippen molar-refractivity contribution in [2.45, 2.75) is 71.1 Å². The number of aliphatic carboxylic acids is 2. The van der Waals surface area contributed by atoms with Crippen molar-refractivity contribution in [3.05, 3.63) is 47.0 Å². The molecule has 0 aliphatic rings. The molecule has 0 aromatic heterocycles. The van der Waals surface area contributed by atoms with E-state index in [0.717, 1.165) is 12.0 Å². The number of hydrogen-bond acceptors (Lipinski definition) is 2. The first-order valence-electron chi connectivity index (χ1n) is 9.99. The zero-order valence-corrected chi connectivity index (χ0v) is 16.3. The highest BCUT2D eigenvalue weighted by atomic mass is 16.4. The number of rotatable bonds is 14. The lowest BCUT2D eigenvalue weighted by molar-refractivity contribution is -0.140. The maximum absolute atomic E-state index is 11.0. The van der Waals surface area contributed by atoms with E-state index in [1.807, 2.05) is 12.1 Å². The smallest absolute Gasteiger partial charge is 0.343 e. The third kappa shape index (κ3) is 10.4. The van der Waals surface area contributed by atoms with Gasteiger partial charge in [0.05, 0.1) is 0 Å². The number of allylic oxidation sites excluding steroid dienone is 1. The summed E-state index contributed by atoms with van der Waals surface area (Å²) in [6, 6.07) is 7.21. The minimum atomic E-state index is -1.44. The predicted octanol–water partition coefficient (Wildman–Crippen LogP) is 6.17. The molecular formula is C23H32O4. The summed E-state index contributed by atoms with van der Waals surface area (Å²) >= 11 is 0. The maximum Gasteiger partial charge on any atom is 0.343 e. The molecule has 1 rings (SSSR count).